The molecule has 0 fully saturated rings. The van der Waals surface area contributed by atoms with Gasteiger partial charge in [0.25, 0.3) is 5.91 Å². The number of rotatable bonds is 9. The Morgan fingerprint density at radius 1 is 1.13 bits per heavy atom. The SMILES string of the molecule is COc1cccc(C(CNC(=O)c2ccc(SCc3cccnc3)cc2)N(C)C)c1. The number of hydrogen-bond acceptors (Lipinski definition) is 5. The molecule has 5 nitrogen and oxygen atoms in total. The number of amides is 1. The molecule has 1 heterocycles. The highest BCUT2D eigenvalue weighted by Crippen LogP contribution is 2.24. The summed E-state index contributed by atoms with van der Waals surface area (Å²) in [6.45, 7) is 0.510. The van der Waals surface area contributed by atoms with Gasteiger partial charge in [0.2, 0.25) is 0 Å². The van der Waals surface area contributed by atoms with Crippen LogP contribution in [0.25, 0.3) is 0 Å². The fraction of sp³-hybridized carbons (Fsp3) is 0.250. The third kappa shape index (κ3) is 6.08. The van der Waals surface area contributed by atoms with Crippen molar-refractivity contribution in [2.24, 2.45) is 0 Å². The monoisotopic (exact) mass is 421 g/mol. The minimum atomic E-state index is -0.0754. The molecule has 0 aliphatic rings. The summed E-state index contributed by atoms with van der Waals surface area (Å²) >= 11 is 1.73. The fourth-order valence-electron chi connectivity index (χ4n) is 3.09. The van der Waals surface area contributed by atoms with Gasteiger partial charge in [0, 0.05) is 35.2 Å². The molecule has 30 heavy (non-hydrogen) atoms. The van der Waals surface area contributed by atoms with Gasteiger partial charge in [-0.1, -0.05) is 18.2 Å². The zero-order chi connectivity index (χ0) is 21.3. The van der Waals surface area contributed by atoms with E-state index in [-0.39, 0.29) is 11.9 Å². The quantitative estimate of drug-likeness (QED) is 0.519. The Bertz CT molecular complexity index is 946. The number of carbonyl (C=O) groups excluding carboxylic acids is 1. The summed E-state index contributed by atoms with van der Waals surface area (Å²) in [6, 6.07) is 19.7. The molecule has 3 rings (SSSR count). The molecule has 1 aromatic heterocycles. The number of nitrogens with zero attached hydrogens (tertiary/aromatic N) is 2. The molecule has 1 N–H and O–H groups in total. The first-order valence-electron chi connectivity index (χ1n) is 9.77. The van der Waals surface area contributed by atoms with Crippen LogP contribution in [0.1, 0.15) is 27.5 Å². The average molecular weight is 422 g/mol. The van der Waals surface area contributed by atoms with E-state index in [2.05, 4.69) is 21.3 Å². The number of ether oxygens (including phenoxy) is 1. The maximum Gasteiger partial charge on any atom is 0.251 e. The van der Waals surface area contributed by atoms with E-state index >= 15 is 0 Å². The molecule has 1 amide bonds. The number of benzene rings is 2. The van der Waals surface area contributed by atoms with E-state index in [9.17, 15) is 4.79 Å². The predicted octanol–water partition coefficient (Wildman–Crippen LogP) is 4.42. The minimum absolute atomic E-state index is 0.0540. The lowest BCUT2D eigenvalue weighted by molar-refractivity contribution is 0.0942. The van der Waals surface area contributed by atoms with Gasteiger partial charge in [-0.3, -0.25) is 9.78 Å². The highest BCUT2D eigenvalue weighted by molar-refractivity contribution is 7.98. The highest BCUT2D eigenvalue weighted by atomic mass is 32.2. The van der Waals surface area contributed by atoms with Gasteiger partial charge in [0.1, 0.15) is 5.75 Å². The van der Waals surface area contributed by atoms with Crippen LogP contribution in [-0.2, 0) is 5.75 Å². The molecule has 3 aromatic rings. The number of aromatic nitrogens is 1. The van der Waals surface area contributed by atoms with E-state index < -0.39 is 0 Å². The van der Waals surface area contributed by atoms with Crippen molar-refractivity contribution < 1.29 is 9.53 Å². The van der Waals surface area contributed by atoms with Crippen molar-refractivity contribution in [2.45, 2.75) is 16.7 Å². The minimum Gasteiger partial charge on any atom is -0.497 e. The molecule has 6 heteroatoms. The number of likely N-dealkylation sites (N-methyl/N-ethyl adjacent to an activating group) is 1. The van der Waals surface area contributed by atoms with E-state index in [4.69, 9.17) is 4.74 Å². The lowest BCUT2D eigenvalue weighted by atomic mass is 10.1. The number of methoxy groups -OCH3 is 1. The molecule has 1 atom stereocenters. The topological polar surface area (TPSA) is 54.5 Å². The number of pyridine rings is 1. The molecule has 0 saturated heterocycles. The average Bonchev–Trinajstić information content (AvgIpc) is 2.78. The van der Waals surface area contributed by atoms with E-state index in [1.165, 1.54) is 5.56 Å². The first kappa shape index (κ1) is 21.9. The zero-order valence-electron chi connectivity index (χ0n) is 17.5. The summed E-state index contributed by atoms with van der Waals surface area (Å²) in [4.78, 5) is 20.0. The van der Waals surface area contributed by atoms with Crippen LogP contribution in [0.2, 0.25) is 0 Å². The molecule has 1 unspecified atom stereocenters. The van der Waals surface area contributed by atoms with Crippen LogP contribution in [0.3, 0.4) is 0 Å². The van der Waals surface area contributed by atoms with Crippen molar-refractivity contribution in [3.8, 4) is 5.75 Å². The zero-order valence-corrected chi connectivity index (χ0v) is 18.4. The van der Waals surface area contributed by atoms with Crippen LogP contribution in [-0.4, -0.2) is 43.5 Å². The summed E-state index contributed by atoms with van der Waals surface area (Å²) in [5, 5.41) is 3.06. The van der Waals surface area contributed by atoms with Crippen LogP contribution in [0.4, 0.5) is 0 Å². The van der Waals surface area contributed by atoms with E-state index in [0.717, 1.165) is 22.0 Å². The third-order valence-electron chi connectivity index (χ3n) is 4.80. The van der Waals surface area contributed by atoms with Gasteiger partial charge < -0.3 is 15.0 Å². The van der Waals surface area contributed by atoms with Crippen molar-refractivity contribution in [1.82, 2.24) is 15.2 Å². The van der Waals surface area contributed by atoms with Gasteiger partial charge in [-0.2, -0.15) is 0 Å². The normalized spacial score (nSPS) is 11.9. The molecule has 0 aliphatic carbocycles. The molecule has 0 spiro atoms. The highest BCUT2D eigenvalue weighted by Gasteiger charge is 2.16. The maximum absolute atomic E-state index is 12.6. The molecule has 0 bridgehead atoms. The summed E-state index contributed by atoms with van der Waals surface area (Å²) in [6.07, 6.45) is 3.65. The standard InChI is InChI=1S/C24H27N3O2S/c1-27(2)23(20-7-4-8-21(14-20)29-3)16-26-24(28)19-9-11-22(12-10-19)30-17-18-6-5-13-25-15-18/h4-15,23H,16-17H2,1-3H3,(H,26,28). The van der Waals surface area contributed by atoms with E-state index in [1.54, 1.807) is 25.1 Å². The molecule has 0 saturated carbocycles. The third-order valence-corrected chi connectivity index (χ3v) is 5.89. The Balaban J connectivity index is 1.57. The lowest BCUT2D eigenvalue weighted by Crippen LogP contribution is -2.34. The van der Waals surface area contributed by atoms with Gasteiger partial charge in [-0.05, 0) is 67.7 Å². The largest absolute Gasteiger partial charge is 0.497 e. The van der Waals surface area contributed by atoms with Crippen molar-refractivity contribution in [3.05, 3.63) is 89.7 Å². The second-order valence-electron chi connectivity index (χ2n) is 7.14. The summed E-state index contributed by atoms with van der Waals surface area (Å²) in [5.74, 6) is 1.59. The Morgan fingerprint density at radius 3 is 2.60 bits per heavy atom. The van der Waals surface area contributed by atoms with Gasteiger partial charge in [0.05, 0.1) is 13.2 Å². The summed E-state index contributed by atoms with van der Waals surface area (Å²) in [5.41, 5.74) is 2.93. The predicted molar refractivity (Wildman–Crippen MR) is 122 cm³/mol. The van der Waals surface area contributed by atoms with Crippen LogP contribution in [0.15, 0.2) is 78.0 Å². The van der Waals surface area contributed by atoms with Crippen molar-refractivity contribution >= 4 is 17.7 Å². The van der Waals surface area contributed by atoms with Crippen LogP contribution in [0.5, 0.6) is 5.75 Å². The van der Waals surface area contributed by atoms with Crippen LogP contribution >= 0.6 is 11.8 Å². The maximum atomic E-state index is 12.6. The number of nitrogens with one attached hydrogen (secondary N) is 1. The number of thioether (sulfide) groups is 1. The fourth-order valence-corrected chi connectivity index (χ4v) is 3.92. The van der Waals surface area contributed by atoms with Crippen LogP contribution in [0, 0.1) is 0 Å². The van der Waals surface area contributed by atoms with Crippen molar-refractivity contribution in [3.63, 3.8) is 0 Å². The summed E-state index contributed by atoms with van der Waals surface area (Å²) in [7, 11) is 5.67. The van der Waals surface area contributed by atoms with Crippen molar-refractivity contribution in [2.75, 3.05) is 27.7 Å². The first-order chi connectivity index (χ1) is 14.6. The van der Waals surface area contributed by atoms with E-state index in [1.807, 2.05) is 74.9 Å². The van der Waals surface area contributed by atoms with E-state index in [0.29, 0.717) is 12.1 Å². The second kappa shape index (κ2) is 10.8. The number of hydrogen-bond donors (Lipinski definition) is 1. The Kier molecular flexibility index (Phi) is 7.88. The van der Waals surface area contributed by atoms with Crippen molar-refractivity contribution in [1.29, 1.82) is 0 Å². The molecule has 2 aromatic carbocycles. The smallest absolute Gasteiger partial charge is 0.251 e. The molecular weight excluding hydrogens is 394 g/mol. The molecule has 0 radical (unpaired) electrons. The van der Waals surface area contributed by atoms with Gasteiger partial charge in [-0.25, -0.2) is 0 Å². The van der Waals surface area contributed by atoms with Gasteiger partial charge in [-0.15, -0.1) is 11.8 Å². The molecule has 156 valence electrons. The van der Waals surface area contributed by atoms with Crippen LogP contribution < -0.4 is 10.1 Å². The lowest BCUT2D eigenvalue weighted by Gasteiger charge is -2.25. The Hall–Kier alpha value is -2.83. The molecule has 0 aliphatic heterocycles. The number of carbonyl (C=O) groups is 1. The Morgan fingerprint density at radius 2 is 1.93 bits per heavy atom. The Labute approximate surface area is 182 Å². The molecular formula is C24H27N3O2S. The second-order valence-corrected chi connectivity index (χ2v) is 8.19. The summed E-state index contributed by atoms with van der Waals surface area (Å²) < 4.78 is 5.33. The van der Waals surface area contributed by atoms with Gasteiger partial charge in [0.15, 0.2) is 0 Å². The van der Waals surface area contributed by atoms with Gasteiger partial charge >= 0.3 is 0 Å². The first-order valence-corrected chi connectivity index (χ1v) is 10.8.